The van der Waals surface area contributed by atoms with Crippen molar-refractivity contribution in [3.8, 4) is 11.5 Å². The zero-order valence-electron chi connectivity index (χ0n) is 20.4. The van der Waals surface area contributed by atoms with E-state index in [9.17, 15) is 9.18 Å². The maximum atomic E-state index is 14.4. The number of amides is 2. The lowest BCUT2D eigenvalue weighted by molar-refractivity contribution is 0.173. The summed E-state index contributed by atoms with van der Waals surface area (Å²) in [5.41, 5.74) is 4.44. The topological polar surface area (TPSA) is 55.1 Å². The molecular formula is C29H30FN5O. The van der Waals surface area contributed by atoms with Crippen LogP contribution < -0.4 is 5.32 Å². The lowest BCUT2D eigenvalue weighted by Gasteiger charge is -2.33. The van der Waals surface area contributed by atoms with Crippen molar-refractivity contribution in [2.75, 3.05) is 0 Å². The van der Waals surface area contributed by atoms with Crippen LogP contribution in [0.25, 0.3) is 11.5 Å². The number of rotatable bonds is 3. The van der Waals surface area contributed by atoms with Gasteiger partial charge in [0.25, 0.3) is 0 Å². The Bertz CT molecular complexity index is 1390. The van der Waals surface area contributed by atoms with Crippen molar-refractivity contribution in [1.82, 2.24) is 24.6 Å². The highest BCUT2D eigenvalue weighted by molar-refractivity contribution is 5.76. The number of hydrogen-bond acceptors (Lipinski definition) is 2. The Balaban J connectivity index is 1.51. The van der Waals surface area contributed by atoms with E-state index in [-0.39, 0.29) is 17.9 Å². The summed E-state index contributed by atoms with van der Waals surface area (Å²) in [5, 5.41) is 8.18. The highest BCUT2D eigenvalue weighted by Gasteiger charge is 2.36. The summed E-state index contributed by atoms with van der Waals surface area (Å²) in [6.45, 7) is 2.36. The van der Waals surface area contributed by atoms with Crippen molar-refractivity contribution in [3.05, 3.63) is 101 Å². The molecule has 3 heterocycles. The number of nitrogens with zero attached hydrogens (tertiary/aromatic N) is 4. The minimum absolute atomic E-state index is 0.122. The second-order valence-corrected chi connectivity index (χ2v) is 9.81. The van der Waals surface area contributed by atoms with E-state index in [1.54, 1.807) is 6.07 Å². The van der Waals surface area contributed by atoms with E-state index in [2.05, 4.69) is 9.88 Å². The molecule has 2 amide bonds. The number of halogens is 1. The number of fused-ring (bicyclic) bond motifs is 3. The van der Waals surface area contributed by atoms with Gasteiger partial charge in [-0.25, -0.2) is 13.9 Å². The van der Waals surface area contributed by atoms with Gasteiger partial charge in [-0.05, 0) is 61.7 Å². The summed E-state index contributed by atoms with van der Waals surface area (Å²) < 4.78 is 18.5. The lowest BCUT2D eigenvalue weighted by Crippen LogP contribution is -2.46. The van der Waals surface area contributed by atoms with Gasteiger partial charge < -0.3 is 14.8 Å². The molecule has 1 fully saturated rings. The molecule has 0 saturated heterocycles. The van der Waals surface area contributed by atoms with Crippen LogP contribution in [0.3, 0.4) is 0 Å². The van der Waals surface area contributed by atoms with Crippen LogP contribution in [0.4, 0.5) is 9.18 Å². The molecule has 2 aromatic heterocycles. The van der Waals surface area contributed by atoms with Gasteiger partial charge in [0.05, 0.1) is 29.7 Å². The normalized spacial score (nSPS) is 17.8. The molecule has 1 atom stereocenters. The van der Waals surface area contributed by atoms with Gasteiger partial charge in [-0.15, -0.1) is 0 Å². The van der Waals surface area contributed by atoms with E-state index < -0.39 is 6.04 Å². The Morgan fingerprint density at radius 2 is 1.81 bits per heavy atom. The van der Waals surface area contributed by atoms with Gasteiger partial charge in [0.1, 0.15) is 11.6 Å². The smallest absolute Gasteiger partial charge is 0.318 e. The summed E-state index contributed by atoms with van der Waals surface area (Å²) in [7, 11) is 0. The van der Waals surface area contributed by atoms with E-state index in [1.807, 2.05) is 71.2 Å². The molecule has 1 saturated carbocycles. The van der Waals surface area contributed by atoms with Crippen LogP contribution in [0.5, 0.6) is 0 Å². The molecule has 0 unspecified atom stereocenters. The van der Waals surface area contributed by atoms with Crippen molar-refractivity contribution in [1.29, 1.82) is 0 Å². The minimum Gasteiger partial charge on any atom is -0.335 e. The van der Waals surface area contributed by atoms with E-state index in [4.69, 9.17) is 5.10 Å². The number of hydrogen-bond donors (Lipinski definition) is 1. The van der Waals surface area contributed by atoms with Crippen molar-refractivity contribution in [2.24, 2.45) is 0 Å². The fourth-order valence-corrected chi connectivity index (χ4v) is 5.68. The maximum absolute atomic E-state index is 14.4. The molecule has 6 nitrogen and oxygen atoms in total. The molecule has 4 aromatic rings. The van der Waals surface area contributed by atoms with E-state index in [0.717, 1.165) is 59.7 Å². The van der Waals surface area contributed by atoms with E-state index in [1.165, 1.54) is 18.6 Å². The van der Waals surface area contributed by atoms with Crippen LogP contribution in [0, 0.1) is 12.7 Å². The number of aryl methyl sites for hydroxylation is 1. The second-order valence-electron chi connectivity index (χ2n) is 9.81. The Morgan fingerprint density at radius 1 is 1.00 bits per heavy atom. The Morgan fingerprint density at radius 3 is 2.58 bits per heavy atom. The molecule has 1 aliphatic carbocycles. The average Bonchev–Trinajstić information content (AvgIpc) is 3.45. The monoisotopic (exact) mass is 483 g/mol. The summed E-state index contributed by atoms with van der Waals surface area (Å²) in [4.78, 5) is 15.8. The molecule has 184 valence electrons. The van der Waals surface area contributed by atoms with Crippen LogP contribution in [-0.4, -0.2) is 31.3 Å². The van der Waals surface area contributed by atoms with Gasteiger partial charge in [-0.3, -0.25) is 0 Å². The van der Waals surface area contributed by atoms with Gasteiger partial charge in [0, 0.05) is 17.8 Å². The maximum Gasteiger partial charge on any atom is 0.318 e. The van der Waals surface area contributed by atoms with Crippen molar-refractivity contribution in [3.63, 3.8) is 0 Å². The third-order valence-corrected chi connectivity index (χ3v) is 7.44. The van der Waals surface area contributed by atoms with Gasteiger partial charge in [0.2, 0.25) is 0 Å². The van der Waals surface area contributed by atoms with Gasteiger partial charge in [0.15, 0.2) is 0 Å². The zero-order chi connectivity index (χ0) is 24.6. The number of carbonyl (C=O) groups is 1. The van der Waals surface area contributed by atoms with Crippen LogP contribution >= 0.6 is 0 Å². The molecular weight excluding hydrogens is 453 g/mol. The summed E-state index contributed by atoms with van der Waals surface area (Å²) in [6, 6.07) is 20.2. The zero-order valence-corrected chi connectivity index (χ0v) is 20.4. The third-order valence-electron chi connectivity index (χ3n) is 7.44. The predicted molar refractivity (Wildman–Crippen MR) is 137 cm³/mol. The Hall–Kier alpha value is -3.87. The third kappa shape index (κ3) is 3.98. The summed E-state index contributed by atoms with van der Waals surface area (Å²) >= 11 is 0. The molecule has 6 rings (SSSR count). The van der Waals surface area contributed by atoms with Crippen molar-refractivity contribution < 1.29 is 9.18 Å². The van der Waals surface area contributed by atoms with Crippen LogP contribution in [0.15, 0.2) is 72.9 Å². The van der Waals surface area contributed by atoms with Gasteiger partial charge in [-0.1, -0.05) is 49.6 Å². The molecule has 0 radical (unpaired) electrons. The largest absolute Gasteiger partial charge is 0.335 e. The predicted octanol–water partition coefficient (Wildman–Crippen LogP) is 6.06. The SMILES string of the molecule is Cc1nn(-c2ccccc2)c2c1CN(C(=O)NC1CCCCC1)[C@H](c1cccc(F)c1)c1cccn1-2. The molecule has 0 spiro atoms. The first-order valence-electron chi connectivity index (χ1n) is 12.7. The quantitative estimate of drug-likeness (QED) is 0.385. The van der Waals surface area contributed by atoms with Crippen LogP contribution in [0.2, 0.25) is 0 Å². The summed E-state index contributed by atoms with van der Waals surface area (Å²) in [5.74, 6) is 0.597. The first-order chi connectivity index (χ1) is 17.6. The fourth-order valence-electron chi connectivity index (χ4n) is 5.68. The minimum atomic E-state index is -0.449. The molecule has 1 N–H and O–H groups in total. The number of aromatic nitrogens is 3. The molecule has 1 aliphatic heterocycles. The Kier molecular flexibility index (Phi) is 5.83. The first kappa shape index (κ1) is 22.6. The highest BCUT2D eigenvalue weighted by atomic mass is 19.1. The van der Waals surface area contributed by atoms with Crippen molar-refractivity contribution in [2.45, 2.75) is 57.7 Å². The fraction of sp³-hybridized carbons (Fsp3) is 0.310. The second kappa shape index (κ2) is 9.30. The van der Waals surface area contributed by atoms with Gasteiger partial charge in [-0.2, -0.15) is 5.10 Å². The van der Waals surface area contributed by atoms with E-state index >= 15 is 0 Å². The first-order valence-corrected chi connectivity index (χ1v) is 12.7. The Labute approximate surface area is 210 Å². The summed E-state index contributed by atoms with van der Waals surface area (Å²) in [6.07, 6.45) is 7.48. The number of nitrogens with one attached hydrogen (secondary N) is 1. The molecule has 7 heteroatoms. The molecule has 0 bridgehead atoms. The average molecular weight is 484 g/mol. The number of carbonyl (C=O) groups excluding carboxylic acids is 1. The lowest BCUT2D eigenvalue weighted by atomic mass is 9.95. The van der Waals surface area contributed by atoms with Crippen LogP contribution in [-0.2, 0) is 6.54 Å². The van der Waals surface area contributed by atoms with E-state index in [0.29, 0.717) is 6.54 Å². The number of urea groups is 1. The standard InChI is InChI=1S/C29H30FN5O/c1-20-25-19-34(29(36)31-23-12-4-2-5-13-23)27(21-10-8-11-22(30)18-21)26-16-9-17-33(26)28(25)35(32-20)24-14-6-3-7-15-24/h3,6-11,14-18,23,27H,2,4-5,12-13,19H2,1H3,(H,31,36)/t27-/m1/s1. The molecule has 36 heavy (non-hydrogen) atoms. The number of benzene rings is 2. The van der Waals surface area contributed by atoms with Crippen LogP contribution in [0.1, 0.15) is 60.7 Å². The van der Waals surface area contributed by atoms with Crippen molar-refractivity contribution >= 4 is 6.03 Å². The number of para-hydroxylation sites is 1. The van der Waals surface area contributed by atoms with Gasteiger partial charge >= 0.3 is 6.03 Å². The highest BCUT2D eigenvalue weighted by Crippen LogP contribution is 2.38. The molecule has 2 aromatic carbocycles. The molecule has 2 aliphatic rings.